The summed E-state index contributed by atoms with van der Waals surface area (Å²) in [6.07, 6.45) is -0.111. The molecule has 0 aromatic heterocycles. The summed E-state index contributed by atoms with van der Waals surface area (Å²) in [6.45, 7) is 3.04. The summed E-state index contributed by atoms with van der Waals surface area (Å²) in [4.78, 5) is 14.3. The number of methoxy groups -OCH3 is 1. The molecule has 2 unspecified atom stereocenters. The first kappa shape index (κ1) is 14.2. The zero-order valence-corrected chi connectivity index (χ0v) is 11.9. The van der Waals surface area contributed by atoms with Crippen molar-refractivity contribution in [3.63, 3.8) is 0 Å². The second kappa shape index (κ2) is 6.26. The maximum absolute atomic E-state index is 12.5. The average molecular weight is 284 g/mol. The van der Waals surface area contributed by atoms with Gasteiger partial charge >= 0.3 is 0 Å². The van der Waals surface area contributed by atoms with Crippen LogP contribution in [0.2, 0.25) is 0 Å². The molecule has 2 rings (SSSR count). The number of alkyl halides is 1. The van der Waals surface area contributed by atoms with Crippen LogP contribution in [0.4, 0.5) is 0 Å². The molecule has 1 saturated heterocycles. The molecule has 0 bridgehead atoms. The fraction of sp³-hybridized carbons (Fsp3) is 0.500. The van der Waals surface area contributed by atoms with Crippen molar-refractivity contribution in [3.05, 3.63) is 29.8 Å². The Morgan fingerprint density at radius 3 is 2.89 bits per heavy atom. The Morgan fingerprint density at radius 1 is 1.47 bits per heavy atom. The van der Waals surface area contributed by atoms with E-state index in [0.29, 0.717) is 30.3 Å². The molecule has 0 radical (unpaired) electrons. The van der Waals surface area contributed by atoms with Crippen molar-refractivity contribution in [1.29, 1.82) is 0 Å². The Kier molecular flexibility index (Phi) is 4.66. The van der Waals surface area contributed by atoms with E-state index >= 15 is 0 Å². The van der Waals surface area contributed by atoms with Gasteiger partial charge < -0.3 is 14.4 Å². The second-order valence-corrected chi connectivity index (χ2v) is 4.94. The molecule has 1 aliphatic heterocycles. The molecule has 104 valence electrons. The van der Waals surface area contributed by atoms with Crippen molar-refractivity contribution in [2.24, 2.45) is 0 Å². The fourth-order valence-electron chi connectivity index (χ4n) is 2.29. The van der Waals surface area contributed by atoms with Gasteiger partial charge in [0.05, 0.1) is 30.8 Å². The Balaban J connectivity index is 2.18. The Labute approximate surface area is 118 Å². The zero-order chi connectivity index (χ0) is 13.8. The largest absolute Gasteiger partial charge is 0.496 e. The highest BCUT2D eigenvalue weighted by Gasteiger charge is 2.29. The number of nitrogens with zero attached hydrogens (tertiary/aromatic N) is 1. The average Bonchev–Trinajstić information content (AvgIpc) is 2.45. The molecule has 1 fully saturated rings. The van der Waals surface area contributed by atoms with E-state index < -0.39 is 0 Å². The molecule has 1 aromatic carbocycles. The van der Waals surface area contributed by atoms with Crippen molar-refractivity contribution in [3.8, 4) is 5.75 Å². The quantitative estimate of drug-likeness (QED) is 0.798. The van der Waals surface area contributed by atoms with E-state index in [1.165, 1.54) is 0 Å². The van der Waals surface area contributed by atoms with Crippen LogP contribution in [-0.2, 0) is 4.74 Å². The first-order valence-corrected chi connectivity index (χ1v) is 6.83. The molecule has 1 amide bonds. The Bertz CT molecular complexity index is 452. The van der Waals surface area contributed by atoms with Crippen molar-refractivity contribution < 1.29 is 14.3 Å². The molecule has 4 nitrogen and oxygen atoms in total. The molecule has 1 heterocycles. The van der Waals surface area contributed by atoms with Gasteiger partial charge in [0.15, 0.2) is 0 Å². The standard InChI is InChI=1S/C14H18ClNO3/c1-10-8-16(9-11(7-15)19-10)14(17)12-5-3-4-6-13(12)18-2/h3-6,10-11H,7-9H2,1-2H3. The van der Waals surface area contributed by atoms with Crippen molar-refractivity contribution in [2.45, 2.75) is 19.1 Å². The number of halogens is 1. The minimum Gasteiger partial charge on any atom is -0.496 e. The molecule has 1 aliphatic rings. The van der Waals surface area contributed by atoms with Gasteiger partial charge in [-0.1, -0.05) is 12.1 Å². The van der Waals surface area contributed by atoms with Crippen LogP contribution in [0.5, 0.6) is 5.75 Å². The molecule has 0 saturated carbocycles. The monoisotopic (exact) mass is 283 g/mol. The number of morpholine rings is 1. The normalized spacial score (nSPS) is 23.2. The summed E-state index contributed by atoms with van der Waals surface area (Å²) in [5, 5.41) is 0. The Hall–Kier alpha value is -1.26. The number of amides is 1. The summed E-state index contributed by atoms with van der Waals surface area (Å²) in [6, 6.07) is 7.24. The summed E-state index contributed by atoms with van der Waals surface area (Å²) in [5.74, 6) is 0.942. The van der Waals surface area contributed by atoms with Crippen LogP contribution in [0.3, 0.4) is 0 Å². The van der Waals surface area contributed by atoms with Gasteiger partial charge in [0.1, 0.15) is 5.75 Å². The minimum absolute atomic E-state index is 0.00356. The number of rotatable bonds is 3. The molecule has 0 aliphatic carbocycles. The minimum atomic E-state index is -0.107. The summed E-state index contributed by atoms with van der Waals surface area (Å²) < 4.78 is 10.9. The molecule has 19 heavy (non-hydrogen) atoms. The molecular weight excluding hydrogens is 266 g/mol. The lowest BCUT2D eigenvalue weighted by molar-refractivity contribution is -0.0570. The number of carbonyl (C=O) groups is 1. The van der Waals surface area contributed by atoms with Crippen LogP contribution in [0.1, 0.15) is 17.3 Å². The smallest absolute Gasteiger partial charge is 0.257 e. The number of para-hydroxylation sites is 1. The second-order valence-electron chi connectivity index (χ2n) is 4.63. The first-order valence-electron chi connectivity index (χ1n) is 6.29. The van der Waals surface area contributed by atoms with Gasteiger partial charge in [-0.25, -0.2) is 0 Å². The third-order valence-corrected chi connectivity index (χ3v) is 3.47. The van der Waals surface area contributed by atoms with E-state index in [4.69, 9.17) is 21.1 Å². The highest BCUT2D eigenvalue weighted by molar-refractivity contribution is 6.18. The molecule has 0 spiro atoms. The van der Waals surface area contributed by atoms with Gasteiger partial charge in [0, 0.05) is 13.1 Å². The van der Waals surface area contributed by atoms with Gasteiger partial charge in [0.25, 0.3) is 5.91 Å². The molecule has 0 N–H and O–H groups in total. The summed E-state index contributed by atoms with van der Waals surface area (Å²) in [7, 11) is 1.57. The lowest BCUT2D eigenvalue weighted by Gasteiger charge is -2.36. The van der Waals surface area contributed by atoms with Crippen molar-refractivity contribution in [2.75, 3.05) is 26.1 Å². The number of ether oxygens (including phenoxy) is 2. The summed E-state index contributed by atoms with van der Waals surface area (Å²) >= 11 is 5.83. The van der Waals surface area contributed by atoms with Crippen LogP contribution >= 0.6 is 11.6 Å². The number of carbonyl (C=O) groups excluding carboxylic acids is 1. The third kappa shape index (κ3) is 3.19. The van der Waals surface area contributed by atoms with Gasteiger partial charge in [-0.15, -0.1) is 11.6 Å². The topological polar surface area (TPSA) is 38.8 Å². The van der Waals surface area contributed by atoms with Gasteiger partial charge in [-0.05, 0) is 19.1 Å². The van der Waals surface area contributed by atoms with Gasteiger partial charge in [0.2, 0.25) is 0 Å². The van der Waals surface area contributed by atoms with E-state index in [-0.39, 0.29) is 18.1 Å². The Morgan fingerprint density at radius 2 is 2.21 bits per heavy atom. The van der Waals surface area contributed by atoms with Crippen LogP contribution in [0.15, 0.2) is 24.3 Å². The van der Waals surface area contributed by atoms with E-state index in [1.54, 1.807) is 24.1 Å². The maximum Gasteiger partial charge on any atom is 0.257 e. The predicted molar refractivity (Wildman–Crippen MR) is 74.0 cm³/mol. The lowest BCUT2D eigenvalue weighted by atomic mass is 10.1. The zero-order valence-electron chi connectivity index (χ0n) is 11.1. The number of hydrogen-bond donors (Lipinski definition) is 0. The SMILES string of the molecule is COc1ccccc1C(=O)N1CC(C)OC(CCl)C1. The highest BCUT2D eigenvalue weighted by atomic mass is 35.5. The maximum atomic E-state index is 12.5. The molecular formula is C14H18ClNO3. The molecule has 5 heteroatoms. The summed E-state index contributed by atoms with van der Waals surface area (Å²) in [5.41, 5.74) is 0.576. The highest BCUT2D eigenvalue weighted by Crippen LogP contribution is 2.22. The predicted octanol–water partition coefficient (Wildman–Crippen LogP) is 2.16. The number of benzene rings is 1. The first-order chi connectivity index (χ1) is 9.15. The van der Waals surface area contributed by atoms with Crippen LogP contribution in [0, 0.1) is 0 Å². The van der Waals surface area contributed by atoms with E-state index in [2.05, 4.69) is 0 Å². The van der Waals surface area contributed by atoms with E-state index in [1.807, 2.05) is 19.1 Å². The lowest BCUT2D eigenvalue weighted by Crippen LogP contribution is -2.49. The van der Waals surface area contributed by atoms with E-state index in [9.17, 15) is 4.79 Å². The van der Waals surface area contributed by atoms with Crippen molar-refractivity contribution in [1.82, 2.24) is 4.90 Å². The van der Waals surface area contributed by atoms with Crippen LogP contribution in [0.25, 0.3) is 0 Å². The van der Waals surface area contributed by atoms with E-state index in [0.717, 1.165) is 0 Å². The molecule has 2 atom stereocenters. The van der Waals surface area contributed by atoms with Crippen LogP contribution in [-0.4, -0.2) is 49.1 Å². The van der Waals surface area contributed by atoms with Gasteiger partial charge in [-0.3, -0.25) is 4.79 Å². The van der Waals surface area contributed by atoms with Crippen molar-refractivity contribution >= 4 is 17.5 Å². The third-order valence-electron chi connectivity index (χ3n) is 3.12. The van der Waals surface area contributed by atoms with Crippen LogP contribution < -0.4 is 4.74 Å². The van der Waals surface area contributed by atoms with Gasteiger partial charge in [-0.2, -0.15) is 0 Å². The fourth-order valence-corrected chi connectivity index (χ4v) is 2.46. The number of hydrogen-bond acceptors (Lipinski definition) is 3. The molecule has 1 aromatic rings.